The van der Waals surface area contributed by atoms with E-state index in [0.717, 1.165) is 28.1 Å². The maximum Gasteiger partial charge on any atom is 0.255 e. The first-order chi connectivity index (χ1) is 14.0. The quantitative estimate of drug-likeness (QED) is 0.494. The van der Waals surface area contributed by atoms with E-state index in [2.05, 4.69) is 42.7 Å². The molecule has 4 aromatic heterocycles. The maximum absolute atomic E-state index is 13.7. The van der Waals surface area contributed by atoms with Crippen LogP contribution in [0.4, 0.5) is 0 Å². The van der Waals surface area contributed by atoms with Gasteiger partial charge in [0.1, 0.15) is 0 Å². The number of hydrogen-bond acceptors (Lipinski definition) is 4. The van der Waals surface area contributed by atoms with E-state index in [1.807, 2.05) is 39.2 Å². The number of fused-ring (bicyclic) bond motifs is 2. The summed E-state index contributed by atoms with van der Waals surface area (Å²) in [6, 6.07) is 10.3. The number of pyridine rings is 1. The lowest BCUT2D eigenvalue weighted by molar-refractivity contribution is 0.0646. The summed E-state index contributed by atoms with van der Waals surface area (Å²) in [5.41, 5.74) is 3.44. The lowest BCUT2D eigenvalue weighted by Crippen LogP contribution is -2.40. The minimum Gasteiger partial charge on any atom is -0.348 e. The van der Waals surface area contributed by atoms with E-state index < -0.39 is 0 Å². The van der Waals surface area contributed by atoms with E-state index in [9.17, 15) is 4.79 Å². The molecule has 1 unspecified atom stereocenters. The van der Waals surface area contributed by atoms with Gasteiger partial charge in [0.15, 0.2) is 5.65 Å². The van der Waals surface area contributed by atoms with Crippen LogP contribution in [0.1, 0.15) is 48.9 Å². The van der Waals surface area contributed by atoms with Crippen molar-refractivity contribution in [2.45, 2.75) is 39.4 Å². The Morgan fingerprint density at radius 2 is 2.10 bits per heavy atom. The van der Waals surface area contributed by atoms with Crippen molar-refractivity contribution in [1.82, 2.24) is 24.2 Å². The first-order valence-electron chi connectivity index (χ1n) is 9.92. The van der Waals surface area contributed by atoms with Crippen LogP contribution in [0.15, 0.2) is 48.1 Å². The molecule has 0 radical (unpaired) electrons. The largest absolute Gasteiger partial charge is 0.348 e. The smallest absolute Gasteiger partial charge is 0.255 e. The van der Waals surface area contributed by atoms with E-state index in [0.29, 0.717) is 12.1 Å². The predicted molar refractivity (Wildman–Crippen MR) is 115 cm³/mol. The Labute approximate surface area is 173 Å². The second kappa shape index (κ2) is 6.84. The fourth-order valence-electron chi connectivity index (χ4n) is 4.13. The SMILES string of the molecule is CC1c2cccn2CCN1C(=O)c1cc(-c2cccs2)nc2c1cnn2C(C)C. The van der Waals surface area contributed by atoms with E-state index in [1.165, 1.54) is 5.69 Å². The highest BCUT2D eigenvalue weighted by Gasteiger charge is 2.30. The molecule has 0 N–H and O–H groups in total. The van der Waals surface area contributed by atoms with Crippen molar-refractivity contribution < 1.29 is 4.79 Å². The van der Waals surface area contributed by atoms with Crippen LogP contribution in [0, 0.1) is 0 Å². The van der Waals surface area contributed by atoms with Crippen molar-refractivity contribution in [1.29, 1.82) is 0 Å². The van der Waals surface area contributed by atoms with Crippen molar-refractivity contribution in [3.8, 4) is 10.6 Å². The molecule has 5 rings (SSSR count). The Balaban J connectivity index is 1.65. The molecule has 0 saturated heterocycles. The van der Waals surface area contributed by atoms with Gasteiger partial charge >= 0.3 is 0 Å². The van der Waals surface area contributed by atoms with Gasteiger partial charge in [-0.1, -0.05) is 6.07 Å². The Morgan fingerprint density at radius 1 is 1.24 bits per heavy atom. The highest BCUT2D eigenvalue weighted by molar-refractivity contribution is 7.13. The third-order valence-corrected chi connectivity index (χ3v) is 6.56. The molecule has 7 heteroatoms. The van der Waals surface area contributed by atoms with Crippen LogP contribution in [-0.4, -0.2) is 36.7 Å². The molecule has 4 aromatic rings. The van der Waals surface area contributed by atoms with Crippen molar-refractivity contribution in [3.05, 3.63) is 59.4 Å². The second-order valence-corrected chi connectivity index (χ2v) is 8.70. The molecular formula is C22H23N5OS. The Bertz CT molecular complexity index is 1190. The first kappa shape index (κ1) is 18.1. The van der Waals surface area contributed by atoms with Crippen LogP contribution < -0.4 is 0 Å². The molecule has 1 atom stereocenters. The van der Waals surface area contributed by atoms with Gasteiger partial charge in [0.05, 0.1) is 33.8 Å². The summed E-state index contributed by atoms with van der Waals surface area (Å²) >= 11 is 1.63. The van der Waals surface area contributed by atoms with Crippen molar-refractivity contribution in [2.75, 3.05) is 6.54 Å². The zero-order valence-electron chi connectivity index (χ0n) is 16.7. The number of thiophene rings is 1. The summed E-state index contributed by atoms with van der Waals surface area (Å²) in [4.78, 5) is 21.6. The van der Waals surface area contributed by atoms with Gasteiger partial charge in [0.2, 0.25) is 0 Å². The van der Waals surface area contributed by atoms with Crippen LogP contribution in [-0.2, 0) is 6.54 Å². The summed E-state index contributed by atoms with van der Waals surface area (Å²) < 4.78 is 4.12. The lowest BCUT2D eigenvalue weighted by atomic mass is 10.1. The standard InChI is InChI=1S/C22H23N5OS/c1-14(2)27-21-17(13-23-27)16(12-18(24-21)20-7-5-11-29-20)22(28)26-10-9-25-8-4-6-19(25)15(26)3/h4-8,11-15H,9-10H2,1-3H3. The molecule has 5 heterocycles. The molecular weight excluding hydrogens is 382 g/mol. The van der Waals surface area contributed by atoms with Crippen LogP contribution in [0.2, 0.25) is 0 Å². The van der Waals surface area contributed by atoms with Gasteiger partial charge in [0, 0.05) is 31.0 Å². The van der Waals surface area contributed by atoms with Gasteiger partial charge in [-0.2, -0.15) is 5.10 Å². The van der Waals surface area contributed by atoms with Crippen LogP contribution in [0.3, 0.4) is 0 Å². The molecule has 0 aliphatic carbocycles. The number of nitrogens with zero attached hydrogens (tertiary/aromatic N) is 5. The molecule has 0 aromatic carbocycles. The van der Waals surface area contributed by atoms with Gasteiger partial charge < -0.3 is 9.47 Å². The molecule has 0 bridgehead atoms. The fourth-order valence-corrected chi connectivity index (χ4v) is 4.82. The summed E-state index contributed by atoms with van der Waals surface area (Å²) in [5.74, 6) is 0.0402. The van der Waals surface area contributed by atoms with Crippen molar-refractivity contribution in [3.63, 3.8) is 0 Å². The molecule has 1 aliphatic heterocycles. The fraction of sp³-hybridized carbons (Fsp3) is 0.318. The van der Waals surface area contributed by atoms with Crippen LogP contribution in [0.5, 0.6) is 0 Å². The molecule has 148 valence electrons. The number of hydrogen-bond donors (Lipinski definition) is 0. The Kier molecular flexibility index (Phi) is 4.28. The average Bonchev–Trinajstić information content (AvgIpc) is 3.46. The number of rotatable bonds is 3. The monoisotopic (exact) mass is 405 g/mol. The Hall–Kier alpha value is -2.93. The normalized spacial score (nSPS) is 16.6. The van der Waals surface area contributed by atoms with Crippen LogP contribution >= 0.6 is 11.3 Å². The maximum atomic E-state index is 13.7. The van der Waals surface area contributed by atoms with Crippen LogP contribution in [0.25, 0.3) is 21.6 Å². The molecule has 1 amide bonds. The van der Waals surface area contributed by atoms with E-state index in [4.69, 9.17) is 4.98 Å². The molecule has 0 spiro atoms. The number of amides is 1. The first-order valence-corrected chi connectivity index (χ1v) is 10.8. The Morgan fingerprint density at radius 3 is 2.86 bits per heavy atom. The molecule has 0 fully saturated rings. The van der Waals surface area contributed by atoms with Gasteiger partial charge in [0.25, 0.3) is 5.91 Å². The zero-order valence-corrected chi connectivity index (χ0v) is 17.6. The topological polar surface area (TPSA) is 56.0 Å². The molecule has 6 nitrogen and oxygen atoms in total. The zero-order chi connectivity index (χ0) is 20.1. The number of carbonyl (C=O) groups excluding carboxylic acids is 1. The van der Waals surface area contributed by atoms with E-state index in [1.54, 1.807) is 17.5 Å². The van der Waals surface area contributed by atoms with Gasteiger partial charge in [-0.15, -0.1) is 11.3 Å². The molecule has 0 saturated carbocycles. The lowest BCUT2D eigenvalue weighted by Gasteiger charge is -2.35. The van der Waals surface area contributed by atoms with E-state index >= 15 is 0 Å². The van der Waals surface area contributed by atoms with E-state index in [-0.39, 0.29) is 18.0 Å². The average molecular weight is 406 g/mol. The van der Waals surface area contributed by atoms with Gasteiger partial charge in [-0.05, 0) is 50.4 Å². The minimum absolute atomic E-state index is 0.0276. The third-order valence-electron chi connectivity index (χ3n) is 5.66. The van der Waals surface area contributed by atoms with Crippen molar-refractivity contribution >= 4 is 28.3 Å². The predicted octanol–water partition coefficient (Wildman–Crippen LogP) is 4.76. The highest BCUT2D eigenvalue weighted by atomic mass is 32.1. The summed E-state index contributed by atoms with van der Waals surface area (Å²) in [7, 11) is 0. The highest BCUT2D eigenvalue weighted by Crippen LogP contribution is 2.32. The summed E-state index contributed by atoms with van der Waals surface area (Å²) in [6.07, 6.45) is 3.87. The third kappa shape index (κ3) is 2.88. The number of aromatic nitrogens is 4. The number of carbonyl (C=O) groups is 1. The van der Waals surface area contributed by atoms with Gasteiger partial charge in [-0.3, -0.25) is 4.79 Å². The summed E-state index contributed by atoms with van der Waals surface area (Å²) in [5, 5.41) is 7.38. The van der Waals surface area contributed by atoms with Crippen molar-refractivity contribution in [2.24, 2.45) is 0 Å². The molecule has 29 heavy (non-hydrogen) atoms. The van der Waals surface area contributed by atoms with Gasteiger partial charge in [-0.25, -0.2) is 9.67 Å². The molecule has 1 aliphatic rings. The second-order valence-electron chi connectivity index (χ2n) is 7.75. The minimum atomic E-state index is 0.0276. The summed E-state index contributed by atoms with van der Waals surface area (Å²) in [6.45, 7) is 7.76.